The molecule has 1 aromatic heterocycles. The van der Waals surface area contributed by atoms with E-state index in [0.717, 1.165) is 56.2 Å². The minimum atomic E-state index is -1.08. The van der Waals surface area contributed by atoms with Crippen LogP contribution >= 0.6 is 0 Å². The van der Waals surface area contributed by atoms with Gasteiger partial charge in [0.15, 0.2) is 11.6 Å². The van der Waals surface area contributed by atoms with Crippen molar-refractivity contribution < 1.29 is 22.7 Å². The third kappa shape index (κ3) is 5.36. The molecule has 3 aromatic rings. The zero-order valence-electron chi connectivity index (χ0n) is 25.8. The normalized spacial score (nSPS) is 24.5. The third-order valence-electron chi connectivity index (χ3n) is 10.3. The summed E-state index contributed by atoms with van der Waals surface area (Å²) in [7, 11) is 0. The number of aryl methyl sites for hydroxylation is 1. The SMILES string of the molecule is C=C(F)C(=O)N1CCN(c2nc(OC[C@@]34CCCN3C[C@H](F)C4)nc3c(F)c(-c4cccc5c4CCCC5)ccc23)C[C@@H]1CC#N. The van der Waals surface area contributed by atoms with E-state index in [1.165, 1.54) is 10.5 Å². The maximum Gasteiger partial charge on any atom is 0.319 e. The number of ether oxygens (including phenoxy) is 1. The summed E-state index contributed by atoms with van der Waals surface area (Å²) in [4.78, 5) is 27.2. The van der Waals surface area contributed by atoms with Crippen molar-refractivity contribution >= 4 is 22.6 Å². The van der Waals surface area contributed by atoms with E-state index in [-0.39, 0.29) is 44.2 Å². The highest BCUT2D eigenvalue weighted by Gasteiger charge is 2.49. The van der Waals surface area contributed by atoms with Crippen molar-refractivity contribution in [2.75, 3.05) is 44.2 Å². The van der Waals surface area contributed by atoms with Crippen LogP contribution in [-0.4, -0.2) is 82.8 Å². The minimum Gasteiger partial charge on any atom is -0.461 e. The Morgan fingerprint density at radius 3 is 2.76 bits per heavy atom. The molecular formula is C35H37F3N6O2. The first-order valence-electron chi connectivity index (χ1n) is 16.2. The largest absolute Gasteiger partial charge is 0.461 e. The average molecular weight is 631 g/mol. The van der Waals surface area contributed by atoms with Gasteiger partial charge in [0.05, 0.1) is 24.1 Å². The molecule has 0 unspecified atom stereocenters. The summed E-state index contributed by atoms with van der Waals surface area (Å²) in [6.07, 6.45) is 5.19. The highest BCUT2D eigenvalue weighted by Crippen LogP contribution is 2.41. The lowest BCUT2D eigenvalue weighted by molar-refractivity contribution is -0.131. The second-order valence-electron chi connectivity index (χ2n) is 13.0. The van der Waals surface area contributed by atoms with Crippen molar-refractivity contribution in [1.29, 1.82) is 5.26 Å². The van der Waals surface area contributed by atoms with E-state index in [1.54, 1.807) is 6.07 Å². The molecule has 46 heavy (non-hydrogen) atoms. The second kappa shape index (κ2) is 12.2. The number of anilines is 1. The topological polar surface area (TPSA) is 85.6 Å². The zero-order valence-corrected chi connectivity index (χ0v) is 25.8. The first-order chi connectivity index (χ1) is 22.3. The summed E-state index contributed by atoms with van der Waals surface area (Å²) in [5, 5.41) is 9.97. The van der Waals surface area contributed by atoms with Gasteiger partial charge in [0.1, 0.15) is 24.1 Å². The standard InChI is InChI=1S/C35H37F3N6O2/c1-22(36)33(45)44-17-16-42(20-25(44)12-14-39)32-29-11-10-28(27-9-4-7-23-6-2-3-8-26(23)27)30(38)31(29)40-34(41-32)46-21-35-13-5-15-43(35)19-24(37)18-35/h4,7,9-11,24-25H,1-3,5-6,8,12-13,15-21H2/t24-,25+,35+/m1/s1. The number of alkyl halides is 1. The molecule has 3 fully saturated rings. The van der Waals surface area contributed by atoms with Crippen LogP contribution in [0.15, 0.2) is 42.7 Å². The Hall–Kier alpha value is -4.17. The molecule has 4 heterocycles. The molecule has 11 heteroatoms. The van der Waals surface area contributed by atoms with Gasteiger partial charge in [-0.3, -0.25) is 9.69 Å². The average Bonchev–Trinajstić information content (AvgIpc) is 3.59. The monoisotopic (exact) mass is 630 g/mol. The van der Waals surface area contributed by atoms with Crippen molar-refractivity contribution in [1.82, 2.24) is 19.8 Å². The molecular weight excluding hydrogens is 593 g/mol. The fourth-order valence-electron chi connectivity index (χ4n) is 8.07. The van der Waals surface area contributed by atoms with E-state index < -0.39 is 35.3 Å². The van der Waals surface area contributed by atoms with Crippen molar-refractivity contribution in [3.05, 3.63) is 59.7 Å². The summed E-state index contributed by atoms with van der Waals surface area (Å²) < 4.78 is 51.3. The van der Waals surface area contributed by atoms with Crippen LogP contribution in [0.4, 0.5) is 19.0 Å². The number of nitrogens with zero attached hydrogens (tertiary/aromatic N) is 6. The maximum atomic E-state index is 16.7. The van der Waals surface area contributed by atoms with Gasteiger partial charge in [-0.15, -0.1) is 0 Å². The lowest BCUT2D eigenvalue weighted by Crippen LogP contribution is -2.55. The van der Waals surface area contributed by atoms with Gasteiger partial charge in [0, 0.05) is 43.5 Å². The van der Waals surface area contributed by atoms with Crippen molar-refractivity contribution in [3.8, 4) is 23.2 Å². The third-order valence-corrected chi connectivity index (χ3v) is 10.3. The van der Waals surface area contributed by atoms with Gasteiger partial charge < -0.3 is 14.5 Å². The first-order valence-corrected chi connectivity index (χ1v) is 16.2. The van der Waals surface area contributed by atoms with Crippen LogP contribution in [0.2, 0.25) is 0 Å². The van der Waals surface area contributed by atoms with Gasteiger partial charge in [-0.1, -0.05) is 30.8 Å². The summed E-state index contributed by atoms with van der Waals surface area (Å²) in [5.74, 6) is -2.00. The molecule has 1 aliphatic carbocycles. The van der Waals surface area contributed by atoms with E-state index in [1.807, 2.05) is 23.1 Å². The number of amides is 1. The van der Waals surface area contributed by atoms with E-state index in [4.69, 9.17) is 9.72 Å². The number of fused-ring (bicyclic) bond motifs is 3. The van der Waals surface area contributed by atoms with Crippen molar-refractivity contribution in [2.24, 2.45) is 0 Å². The van der Waals surface area contributed by atoms with E-state index in [2.05, 4.69) is 28.6 Å². The number of nitriles is 1. The van der Waals surface area contributed by atoms with Gasteiger partial charge in [0.25, 0.3) is 5.91 Å². The van der Waals surface area contributed by atoms with Crippen LogP contribution in [0, 0.1) is 17.1 Å². The Morgan fingerprint density at radius 2 is 1.93 bits per heavy atom. The number of aromatic nitrogens is 2. The van der Waals surface area contributed by atoms with Crippen LogP contribution in [0.1, 0.15) is 49.7 Å². The summed E-state index contributed by atoms with van der Waals surface area (Å²) in [5.41, 5.74) is 3.37. The van der Waals surface area contributed by atoms with Crippen LogP contribution < -0.4 is 9.64 Å². The number of benzene rings is 2. The smallest absolute Gasteiger partial charge is 0.319 e. The molecule has 0 bridgehead atoms. The molecule has 3 aliphatic heterocycles. The van der Waals surface area contributed by atoms with Gasteiger partial charge in [-0.25, -0.2) is 13.2 Å². The molecule has 3 saturated heterocycles. The molecule has 0 radical (unpaired) electrons. The molecule has 0 saturated carbocycles. The van der Waals surface area contributed by atoms with Gasteiger partial charge in [-0.2, -0.15) is 15.2 Å². The van der Waals surface area contributed by atoms with E-state index in [9.17, 15) is 18.8 Å². The van der Waals surface area contributed by atoms with Gasteiger partial charge >= 0.3 is 6.01 Å². The molecule has 3 atom stereocenters. The number of rotatable bonds is 7. The number of carbonyl (C=O) groups is 1. The summed E-state index contributed by atoms with van der Waals surface area (Å²) in [6, 6.07) is 11.1. The van der Waals surface area contributed by atoms with Gasteiger partial charge in [-0.05, 0) is 67.8 Å². The predicted octanol–water partition coefficient (Wildman–Crippen LogP) is 5.68. The number of carbonyl (C=O) groups excluding carboxylic acids is 1. The van der Waals surface area contributed by atoms with Gasteiger partial charge in [0.2, 0.25) is 0 Å². The molecule has 4 aliphatic rings. The molecule has 240 valence electrons. The molecule has 2 aromatic carbocycles. The molecule has 0 spiro atoms. The second-order valence-corrected chi connectivity index (χ2v) is 13.0. The lowest BCUT2D eigenvalue weighted by Gasteiger charge is -2.41. The van der Waals surface area contributed by atoms with Crippen LogP contribution in [0.25, 0.3) is 22.0 Å². The number of halogens is 3. The Labute approximate surface area is 266 Å². The zero-order chi connectivity index (χ0) is 32.0. The summed E-state index contributed by atoms with van der Waals surface area (Å²) in [6.45, 7) is 5.08. The predicted molar refractivity (Wildman–Crippen MR) is 168 cm³/mol. The van der Waals surface area contributed by atoms with E-state index in [0.29, 0.717) is 29.7 Å². The lowest BCUT2D eigenvalue weighted by atomic mass is 9.85. The van der Waals surface area contributed by atoms with Crippen LogP contribution in [0.3, 0.4) is 0 Å². The van der Waals surface area contributed by atoms with Crippen molar-refractivity contribution in [2.45, 2.75) is 69.1 Å². The minimum absolute atomic E-state index is 0.00958. The maximum absolute atomic E-state index is 16.7. The number of hydrogen-bond donors (Lipinski definition) is 0. The molecule has 1 amide bonds. The molecule has 8 nitrogen and oxygen atoms in total. The van der Waals surface area contributed by atoms with Crippen LogP contribution in [0.5, 0.6) is 6.01 Å². The Morgan fingerprint density at radius 1 is 1.09 bits per heavy atom. The Balaban J connectivity index is 1.30. The van der Waals surface area contributed by atoms with Crippen molar-refractivity contribution in [3.63, 3.8) is 0 Å². The van der Waals surface area contributed by atoms with Crippen LogP contribution in [-0.2, 0) is 17.6 Å². The quantitative estimate of drug-likeness (QED) is 0.311. The first kappa shape index (κ1) is 30.5. The Kier molecular flexibility index (Phi) is 8.09. The summed E-state index contributed by atoms with van der Waals surface area (Å²) >= 11 is 0. The molecule has 7 rings (SSSR count). The highest BCUT2D eigenvalue weighted by atomic mass is 19.1. The fourth-order valence-corrected chi connectivity index (χ4v) is 8.07. The molecule has 0 N–H and O–H groups in total. The highest BCUT2D eigenvalue weighted by molar-refractivity contribution is 5.94. The fraction of sp³-hybridized carbons (Fsp3) is 0.486. The number of hydrogen-bond acceptors (Lipinski definition) is 7. The van der Waals surface area contributed by atoms with E-state index >= 15 is 4.39 Å². The Bertz CT molecular complexity index is 1740. The number of piperazine rings is 1.